The second-order valence-corrected chi connectivity index (χ2v) is 3.26. The summed E-state index contributed by atoms with van der Waals surface area (Å²) in [6.45, 7) is 3.66. The molecule has 2 heterocycles. The zero-order chi connectivity index (χ0) is 9.80. The zero-order valence-corrected chi connectivity index (χ0v) is 8.08. The van der Waals surface area contributed by atoms with Crippen molar-refractivity contribution in [1.29, 1.82) is 0 Å². The van der Waals surface area contributed by atoms with Gasteiger partial charge in [-0.15, -0.1) is 0 Å². The number of rotatable bonds is 4. The molecule has 2 rings (SSSR count). The molecule has 0 aromatic carbocycles. The first-order valence-corrected chi connectivity index (χ1v) is 4.57. The van der Waals surface area contributed by atoms with Crippen molar-refractivity contribution >= 4 is 0 Å². The van der Waals surface area contributed by atoms with Crippen LogP contribution < -0.4 is 5.32 Å². The molecule has 0 aliphatic heterocycles. The zero-order valence-electron chi connectivity index (χ0n) is 8.08. The number of furan rings is 1. The first kappa shape index (κ1) is 9.02. The third-order valence-corrected chi connectivity index (χ3v) is 2.16. The fourth-order valence-corrected chi connectivity index (χ4v) is 1.29. The van der Waals surface area contributed by atoms with E-state index in [1.54, 1.807) is 12.5 Å². The molecule has 74 valence electrons. The van der Waals surface area contributed by atoms with Gasteiger partial charge < -0.3 is 9.73 Å². The first-order chi connectivity index (χ1) is 6.86. The molecule has 0 bridgehead atoms. The van der Waals surface area contributed by atoms with Crippen molar-refractivity contribution in [1.82, 2.24) is 15.5 Å². The highest BCUT2D eigenvalue weighted by Crippen LogP contribution is 2.03. The van der Waals surface area contributed by atoms with E-state index < -0.39 is 0 Å². The smallest absolute Gasteiger partial charge is 0.0947 e. The Bertz CT molecular complexity index is 378. The van der Waals surface area contributed by atoms with E-state index in [2.05, 4.69) is 15.5 Å². The molecule has 14 heavy (non-hydrogen) atoms. The summed E-state index contributed by atoms with van der Waals surface area (Å²) in [5, 5.41) is 10.2. The van der Waals surface area contributed by atoms with Crippen LogP contribution in [0.4, 0.5) is 0 Å². The molecular weight excluding hydrogens is 178 g/mol. The molecule has 0 amide bonds. The fourth-order valence-electron chi connectivity index (χ4n) is 1.29. The molecule has 4 nitrogen and oxygen atoms in total. The van der Waals surface area contributed by atoms with Gasteiger partial charge in [-0.2, -0.15) is 5.10 Å². The molecule has 2 aromatic rings. The van der Waals surface area contributed by atoms with Gasteiger partial charge in [0, 0.05) is 29.9 Å². The lowest BCUT2D eigenvalue weighted by Gasteiger charge is -2.00. The Kier molecular flexibility index (Phi) is 2.65. The minimum Gasteiger partial charge on any atom is -0.472 e. The predicted octanol–water partition coefficient (Wildman–Crippen LogP) is 1.60. The quantitative estimate of drug-likeness (QED) is 0.771. The molecule has 0 aliphatic rings. The van der Waals surface area contributed by atoms with Crippen LogP contribution in [0.3, 0.4) is 0 Å². The molecule has 0 aliphatic carbocycles. The lowest BCUT2D eigenvalue weighted by atomic mass is 10.2. The molecule has 2 N–H and O–H groups in total. The Morgan fingerprint density at radius 1 is 1.50 bits per heavy atom. The summed E-state index contributed by atoms with van der Waals surface area (Å²) >= 11 is 0. The van der Waals surface area contributed by atoms with Crippen LogP contribution in [0.5, 0.6) is 0 Å². The number of H-pyrrole nitrogens is 1. The van der Waals surface area contributed by atoms with Crippen LogP contribution in [0.2, 0.25) is 0 Å². The van der Waals surface area contributed by atoms with E-state index in [-0.39, 0.29) is 0 Å². The molecule has 0 spiro atoms. The molecule has 0 fully saturated rings. The van der Waals surface area contributed by atoms with Crippen molar-refractivity contribution in [3.63, 3.8) is 0 Å². The van der Waals surface area contributed by atoms with Gasteiger partial charge in [0.15, 0.2) is 0 Å². The summed E-state index contributed by atoms with van der Waals surface area (Å²) in [4.78, 5) is 0. The van der Waals surface area contributed by atoms with Crippen LogP contribution in [-0.4, -0.2) is 10.2 Å². The van der Waals surface area contributed by atoms with Crippen molar-refractivity contribution in [2.45, 2.75) is 20.0 Å². The SMILES string of the molecule is Cc1[nH]ncc1CNCc1ccoc1. The monoisotopic (exact) mass is 191 g/mol. The Morgan fingerprint density at radius 3 is 3.07 bits per heavy atom. The molecule has 4 heteroatoms. The molecule has 0 unspecified atom stereocenters. The highest BCUT2D eigenvalue weighted by molar-refractivity contribution is 5.14. The number of hydrogen-bond acceptors (Lipinski definition) is 3. The van der Waals surface area contributed by atoms with E-state index >= 15 is 0 Å². The lowest BCUT2D eigenvalue weighted by Crippen LogP contribution is -2.12. The third kappa shape index (κ3) is 2.03. The Morgan fingerprint density at radius 2 is 2.43 bits per heavy atom. The molecule has 2 aromatic heterocycles. The summed E-state index contributed by atoms with van der Waals surface area (Å²) in [6.07, 6.45) is 5.27. The van der Waals surface area contributed by atoms with Crippen LogP contribution in [0.25, 0.3) is 0 Å². The van der Waals surface area contributed by atoms with E-state index in [1.807, 2.05) is 19.2 Å². The molecule has 0 atom stereocenters. The van der Waals surface area contributed by atoms with Gasteiger partial charge in [0.2, 0.25) is 0 Å². The van der Waals surface area contributed by atoms with Crippen molar-refractivity contribution in [2.24, 2.45) is 0 Å². The van der Waals surface area contributed by atoms with Crippen LogP contribution in [0, 0.1) is 6.92 Å². The van der Waals surface area contributed by atoms with E-state index in [0.717, 1.165) is 24.3 Å². The minimum atomic E-state index is 0.821. The average molecular weight is 191 g/mol. The largest absolute Gasteiger partial charge is 0.472 e. The number of nitrogens with zero attached hydrogens (tertiary/aromatic N) is 1. The Labute approximate surface area is 82.3 Å². The minimum absolute atomic E-state index is 0.821. The fraction of sp³-hybridized carbons (Fsp3) is 0.300. The second kappa shape index (κ2) is 4.11. The Balaban J connectivity index is 1.81. The normalized spacial score (nSPS) is 10.6. The maximum absolute atomic E-state index is 4.97. The van der Waals surface area contributed by atoms with Gasteiger partial charge in [-0.05, 0) is 13.0 Å². The molecular formula is C10H13N3O. The summed E-state index contributed by atoms with van der Waals surface area (Å²) < 4.78 is 4.97. The van der Waals surface area contributed by atoms with Gasteiger partial charge in [0.05, 0.1) is 18.7 Å². The molecule has 0 saturated heterocycles. The van der Waals surface area contributed by atoms with Crippen molar-refractivity contribution in [3.05, 3.63) is 41.6 Å². The number of hydrogen-bond donors (Lipinski definition) is 2. The van der Waals surface area contributed by atoms with Gasteiger partial charge in [-0.25, -0.2) is 0 Å². The van der Waals surface area contributed by atoms with Crippen LogP contribution >= 0.6 is 0 Å². The van der Waals surface area contributed by atoms with Gasteiger partial charge in [-0.3, -0.25) is 5.10 Å². The van der Waals surface area contributed by atoms with Gasteiger partial charge in [0.25, 0.3) is 0 Å². The van der Waals surface area contributed by atoms with Gasteiger partial charge >= 0.3 is 0 Å². The number of aromatic amines is 1. The first-order valence-electron chi connectivity index (χ1n) is 4.57. The maximum atomic E-state index is 4.97. The number of nitrogens with one attached hydrogen (secondary N) is 2. The summed E-state index contributed by atoms with van der Waals surface area (Å²) in [7, 11) is 0. The van der Waals surface area contributed by atoms with E-state index in [9.17, 15) is 0 Å². The summed E-state index contributed by atoms with van der Waals surface area (Å²) in [5.41, 5.74) is 3.48. The summed E-state index contributed by atoms with van der Waals surface area (Å²) in [6, 6.07) is 1.95. The highest BCUT2D eigenvalue weighted by atomic mass is 16.3. The maximum Gasteiger partial charge on any atom is 0.0947 e. The summed E-state index contributed by atoms with van der Waals surface area (Å²) in [5.74, 6) is 0. The van der Waals surface area contributed by atoms with E-state index in [1.165, 1.54) is 5.56 Å². The topological polar surface area (TPSA) is 53.9 Å². The van der Waals surface area contributed by atoms with Crippen LogP contribution in [-0.2, 0) is 13.1 Å². The lowest BCUT2D eigenvalue weighted by molar-refractivity contribution is 0.560. The highest BCUT2D eigenvalue weighted by Gasteiger charge is 1.99. The van der Waals surface area contributed by atoms with Gasteiger partial charge in [0.1, 0.15) is 0 Å². The number of aromatic nitrogens is 2. The van der Waals surface area contributed by atoms with Crippen molar-refractivity contribution < 1.29 is 4.42 Å². The van der Waals surface area contributed by atoms with E-state index in [0.29, 0.717) is 0 Å². The third-order valence-electron chi connectivity index (χ3n) is 2.16. The Hall–Kier alpha value is -1.55. The van der Waals surface area contributed by atoms with Crippen molar-refractivity contribution in [2.75, 3.05) is 0 Å². The standard InChI is InChI=1S/C10H13N3O/c1-8-10(6-12-13-8)5-11-4-9-2-3-14-7-9/h2-3,6-7,11H,4-5H2,1H3,(H,12,13). The molecule has 0 radical (unpaired) electrons. The van der Waals surface area contributed by atoms with Crippen molar-refractivity contribution in [3.8, 4) is 0 Å². The molecule has 0 saturated carbocycles. The van der Waals surface area contributed by atoms with E-state index in [4.69, 9.17) is 4.42 Å². The average Bonchev–Trinajstić information content (AvgIpc) is 2.78. The van der Waals surface area contributed by atoms with Gasteiger partial charge in [-0.1, -0.05) is 0 Å². The number of aryl methyl sites for hydroxylation is 1. The second-order valence-electron chi connectivity index (χ2n) is 3.26. The predicted molar refractivity (Wildman–Crippen MR) is 52.6 cm³/mol. The van der Waals surface area contributed by atoms with Crippen LogP contribution in [0.1, 0.15) is 16.8 Å². The van der Waals surface area contributed by atoms with Crippen LogP contribution in [0.15, 0.2) is 29.2 Å².